The normalized spacial score (nSPS) is 23.1. The van der Waals surface area contributed by atoms with Crippen LogP contribution in [0.15, 0.2) is 67.0 Å². The van der Waals surface area contributed by atoms with Gasteiger partial charge in [-0.1, -0.05) is 89.9 Å². The van der Waals surface area contributed by atoms with Crippen molar-refractivity contribution in [3.63, 3.8) is 0 Å². The summed E-state index contributed by atoms with van der Waals surface area (Å²) >= 11 is 0. The smallest absolute Gasteiger partial charge is 0.0608 e. The topological polar surface area (TPSA) is 0 Å². The van der Waals surface area contributed by atoms with Gasteiger partial charge in [0.25, 0.3) is 0 Å². The van der Waals surface area contributed by atoms with E-state index in [2.05, 4.69) is 88.4 Å². The molecular weight excluding hydrogens is 400 g/mol. The van der Waals surface area contributed by atoms with Crippen LogP contribution in [0.5, 0.6) is 0 Å². The highest BCUT2D eigenvalue weighted by atomic mass is 28.3. The van der Waals surface area contributed by atoms with E-state index >= 15 is 0 Å². The molecule has 0 N–H and O–H groups in total. The lowest BCUT2D eigenvalue weighted by Crippen LogP contribution is -2.22. The third-order valence-electron chi connectivity index (χ3n) is 9.09. The molecule has 0 radical (unpaired) electrons. The molecule has 0 aromatic carbocycles. The van der Waals surface area contributed by atoms with Crippen LogP contribution in [-0.2, 0) is 0 Å². The molecular formula is C31H48Si. The lowest BCUT2D eigenvalue weighted by Gasteiger charge is -2.34. The van der Waals surface area contributed by atoms with Gasteiger partial charge < -0.3 is 0 Å². The molecule has 32 heavy (non-hydrogen) atoms. The first-order chi connectivity index (χ1) is 14.8. The van der Waals surface area contributed by atoms with Gasteiger partial charge in [-0.25, -0.2) is 0 Å². The van der Waals surface area contributed by atoms with Gasteiger partial charge in [-0.15, -0.1) is 0 Å². The van der Waals surface area contributed by atoms with E-state index in [1.807, 2.05) is 0 Å². The molecule has 0 aromatic heterocycles. The summed E-state index contributed by atoms with van der Waals surface area (Å²) < 4.78 is 0. The highest BCUT2D eigenvalue weighted by Crippen LogP contribution is 2.59. The molecule has 0 unspecified atom stereocenters. The first-order valence-corrected chi connectivity index (χ1v) is 16.0. The molecule has 0 nitrogen and oxygen atoms in total. The van der Waals surface area contributed by atoms with Gasteiger partial charge in [0.2, 0.25) is 0 Å². The van der Waals surface area contributed by atoms with Crippen LogP contribution in [0.4, 0.5) is 0 Å². The molecule has 176 valence electrons. The van der Waals surface area contributed by atoms with E-state index in [4.69, 9.17) is 0 Å². The number of hydrogen-bond acceptors (Lipinski definition) is 0. The molecule has 0 aliphatic heterocycles. The van der Waals surface area contributed by atoms with Gasteiger partial charge in [-0.05, 0) is 91.5 Å². The number of allylic oxidation sites excluding steroid dienone is 12. The number of rotatable bonds is 7. The predicted molar refractivity (Wildman–Crippen MR) is 147 cm³/mol. The van der Waals surface area contributed by atoms with Crippen LogP contribution in [-0.4, -0.2) is 8.80 Å². The van der Waals surface area contributed by atoms with E-state index < -0.39 is 8.80 Å². The molecule has 0 heterocycles. The third kappa shape index (κ3) is 3.63. The summed E-state index contributed by atoms with van der Waals surface area (Å²) in [5.74, 6) is 0. The molecule has 3 rings (SSSR count). The van der Waals surface area contributed by atoms with Crippen molar-refractivity contribution in [2.45, 2.75) is 114 Å². The third-order valence-corrected chi connectivity index (χ3v) is 11.0. The molecule has 0 saturated carbocycles. The van der Waals surface area contributed by atoms with E-state index in [0.29, 0.717) is 0 Å². The minimum absolute atomic E-state index is 0.116. The van der Waals surface area contributed by atoms with Gasteiger partial charge >= 0.3 is 0 Å². The minimum atomic E-state index is -0.936. The average molecular weight is 449 g/mol. The largest absolute Gasteiger partial charge is 0.0729 e. The maximum absolute atomic E-state index is 2.63. The maximum atomic E-state index is 2.63. The lowest BCUT2D eigenvalue weighted by molar-refractivity contribution is 0.541. The quantitative estimate of drug-likeness (QED) is 0.340. The predicted octanol–water partition coefficient (Wildman–Crippen LogP) is 9.58. The zero-order chi connectivity index (χ0) is 24.2. The highest BCUT2D eigenvalue weighted by Gasteiger charge is 2.44. The highest BCUT2D eigenvalue weighted by molar-refractivity contribution is 6.64. The molecule has 1 heteroatoms. The summed E-state index contributed by atoms with van der Waals surface area (Å²) in [7, 11) is -0.936. The Morgan fingerprint density at radius 3 is 1.62 bits per heavy atom. The zero-order valence-electron chi connectivity index (χ0n) is 23.2. The van der Waals surface area contributed by atoms with Gasteiger partial charge in [0, 0.05) is 10.8 Å². The van der Waals surface area contributed by atoms with Crippen molar-refractivity contribution in [3.8, 4) is 0 Å². The van der Waals surface area contributed by atoms with Crippen LogP contribution in [0.2, 0.25) is 13.1 Å². The second-order valence-corrected chi connectivity index (χ2v) is 14.8. The molecule has 3 aliphatic carbocycles. The van der Waals surface area contributed by atoms with Crippen LogP contribution in [0, 0.1) is 10.8 Å². The summed E-state index contributed by atoms with van der Waals surface area (Å²) in [6.45, 7) is 29.2. The van der Waals surface area contributed by atoms with Crippen molar-refractivity contribution in [1.29, 1.82) is 0 Å². The second kappa shape index (κ2) is 8.78. The fourth-order valence-corrected chi connectivity index (χ4v) is 8.08. The van der Waals surface area contributed by atoms with Crippen molar-refractivity contribution in [1.82, 2.24) is 0 Å². The van der Waals surface area contributed by atoms with Crippen molar-refractivity contribution in [2.75, 3.05) is 0 Å². The average Bonchev–Trinajstić information content (AvgIpc) is 3.25. The zero-order valence-corrected chi connectivity index (χ0v) is 24.3. The lowest BCUT2D eigenvalue weighted by atomic mass is 9.70. The maximum Gasteiger partial charge on any atom is 0.0608 e. The van der Waals surface area contributed by atoms with Crippen molar-refractivity contribution in [2.24, 2.45) is 10.8 Å². The van der Waals surface area contributed by atoms with Gasteiger partial charge in [-0.3, -0.25) is 0 Å². The Hall–Kier alpha value is -1.34. The van der Waals surface area contributed by atoms with E-state index in [1.54, 1.807) is 60.9 Å². The fourth-order valence-electron chi connectivity index (χ4n) is 6.62. The summed E-state index contributed by atoms with van der Waals surface area (Å²) in [6.07, 6.45) is 8.63. The van der Waals surface area contributed by atoms with Crippen LogP contribution in [0.3, 0.4) is 0 Å². The Morgan fingerprint density at radius 1 is 0.750 bits per heavy atom. The molecule has 0 fully saturated rings. The molecule has 0 amide bonds. The summed E-state index contributed by atoms with van der Waals surface area (Å²) in [6, 6.07) is 0. The van der Waals surface area contributed by atoms with Gasteiger partial charge in [-0.2, -0.15) is 0 Å². The SMILES string of the molecule is CCCC1=C(C2=CCC([SiH](C)C)=C2C2=C(CCC)C(C)=C(C)C2(C)C)C(C)(C)C(C)=C1C. The molecule has 0 spiro atoms. The second-order valence-electron chi connectivity index (χ2n) is 11.8. The molecule has 3 aliphatic rings. The Bertz CT molecular complexity index is 1010. The standard InChI is InChI=1S/C31H48Si/c1-13-15-23-19(3)21(5)30(7,8)28(23)25-17-18-26(32(11)12)27(25)29-24(16-14-2)20(4)22(6)31(29,9)10/h17,32H,13-16,18H2,1-12H3. The van der Waals surface area contributed by atoms with Gasteiger partial charge in [0.05, 0.1) is 8.80 Å². The van der Waals surface area contributed by atoms with Crippen molar-refractivity contribution in [3.05, 3.63) is 67.0 Å². The first kappa shape index (κ1) is 25.3. The Kier molecular flexibility index (Phi) is 6.94. The van der Waals surface area contributed by atoms with E-state index in [9.17, 15) is 0 Å². The van der Waals surface area contributed by atoms with Crippen molar-refractivity contribution >= 4 is 8.80 Å². The number of hydrogen-bond donors (Lipinski definition) is 0. The minimum Gasteiger partial charge on any atom is -0.0729 e. The summed E-state index contributed by atoms with van der Waals surface area (Å²) in [5.41, 5.74) is 16.4. The Morgan fingerprint density at radius 2 is 1.19 bits per heavy atom. The van der Waals surface area contributed by atoms with E-state index in [-0.39, 0.29) is 10.8 Å². The van der Waals surface area contributed by atoms with Crippen LogP contribution in [0.25, 0.3) is 0 Å². The first-order valence-electron chi connectivity index (χ1n) is 13.1. The van der Waals surface area contributed by atoms with Gasteiger partial charge in [0.15, 0.2) is 0 Å². The van der Waals surface area contributed by atoms with Crippen LogP contribution < -0.4 is 0 Å². The van der Waals surface area contributed by atoms with Crippen LogP contribution in [0.1, 0.15) is 101 Å². The Balaban J connectivity index is 2.34. The fraction of sp³-hybridized carbons (Fsp3) is 0.613. The van der Waals surface area contributed by atoms with Gasteiger partial charge in [0.1, 0.15) is 0 Å². The summed E-state index contributed by atoms with van der Waals surface area (Å²) in [4.78, 5) is 0. The molecule has 0 aromatic rings. The van der Waals surface area contributed by atoms with E-state index in [0.717, 1.165) is 0 Å². The monoisotopic (exact) mass is 448 g/mol. The molecule has 0 atom stereocenters. The van der Waals surface area contributed by atoms with Crippen molar-refractivity contribution < 1.29 is 0 Å². The van der Waals surface area contributed by atoms with E-state index in [1.165, 1.54) is 32.1 Å². The molecule has 0 saturated heterocycles. The van der Waals surface area contributed by atoms with Crippen LogP contribution >= 0.6 is 0 Å². The Labute approximate surface area is 201 Å². The summed E-state index contributed by atoms with van der Waals surface area (Å²) in [5, 5.41) is 1.79. The molecule has 0 bridgehead atoms.